The first-order valence-corrected chi connectivity index (χ1v) is 5.84. The molecule has 0 fully saturated rings. The largest absolute Gasteiger partial charge is 0.330 e. The molecule has 0 bridgehead atoms. The summed E-state index contributed by atoms with van der Waals surface area (Å²) in [5.74, 6) is 0.539. The van der Waals surface area contributed by atoms with E-state index < -0.39 is 0 Å². The zero-order chi connectivity index (χ0) is 10.3. The molecule has 1 aromatic carbocycles. The molecule has 0 spiro atoms. The topological polar surface area (TPSA) is 26.0 Å². The molecule has 0 radical (unpaired) electrons. The van der Waals surface area contributed by atoms with Crippen LogP contribution in [-0.2, 0) is 5.41 Å². The van der Waals surface area contributed by atoms with Crippen molar-refractivity contribution < 1.29 is 0 Å². The molecule has 1 atom stereocenters. The molecule has 1 aliphatic rings. The van der Waals surface area contributed by atoms with Gasteiger partial charge in [-0.3, -0.25) is 0 Å². The minimum absolute atomic E-state index is 0.263. The van der Waals surface area contributed by atoms with Gasteiger partial charge in [0.2, 0.25) is 0 Å². The van der Waals surface area contributed by atoms with Crippen molar-refractivity contribution in [2.45, 2.75) is 31.6 Å². The zero-order valence-corrected chi connectivity index (χ0v) is 10.3. The van der Waals surface area contributed by atoms with E-state index in [1.165, 1.54) is 22.0 Å². The molecule has 1 aliphatic carbocycles. The minimum Gasteiger partial charge on any atom is -0.330 e. The lowest BCUT2D eigenvalue weighted by Crippen LogP contribution is -2.15. The van der Waals surface area contributed by atoms with Crippen molar-refractivity contribution in [3.05, 3.63) is 33.8 Å². The van der Waals surface area contributed by atoms with E-state index >= 15 is 0 Å². The Balaban J connectivity index is 2.59. The molecule has 1 aromatic rings. The van der Waals surface area contributed by atoms with E-state index in [2.05, 4.69) is 48.0 Å². The van der Waals surface area contributed by atoms with Crippen LogP contribution in [0.5, 0.6) is 0 Å². The smallest absolute Gasteiger partial charge is 0.0215 e. The van der Waals surface area contributed by atoms with Crippen LogP contribution in [0.25, 0.3) is 0 Å². The molecule has 1 nitrogen and oxygen atoms in total. The summed E-state index contributed by atoms with van der Waals surface area (Å²) in [6, 6.07) is 6.44. The number of fused-ring (bicyclic) bond motifs is 1. The van der Waals surface area contributed by atoms with Crippen LogP contribution in [0, 0.1) is 0 Å². The molecule has 0 aromatic heterocycles. The van der Waals surface area contributed by atoms with Gasteiger partial charge >= 0.3 is 0 Å². The normalized spacial score (nSPS) is 23.6. The molecule has 2 rings (SSSR count). The highest BCUT2D eigenvalue weighted by Gasteiger charge is 2.37. The Bertz CT molecular complexity index is 357. The molecule has 0 saturated carbocycles. The lowest BCUT2D eigenvalue weighted by molar-refractivity contribution is 0.477. The lowest BCUT2D eigenvalue weighted by Gasteiger charge is -2.20. The maximum absolute atomic E-state index is 5.80. The van der Waals surface area contributed by atoms with Gasteiger partial charge in [0.25, 0.3) is 0 Å². The van der Waals surface area contributed by atoms with Crippen LogP contribution in [0.4, 0.5) is 0 Å². The fourth-order valence-corrected chi connectivity index (χ4v) is 3.55. The van der Waals surface area contributed by atoms with E-state index in [9.17, 15) is 0 Å². The second kappa shape index (κ2) is 3.35. The Morgan fingerprint density at radius 1 is 1.50 bits per heavy atom. The summed E-state index contributed by atoms with van der Waals surface area (Å²) >= 11 is 3.64. The summed E-state index contributed by atoms with van der Waals surface area (Å²) < 4.78 is 1.23. The van der Waals surface area contributed by atoms with Crippen molar-refractivity contribution in [1.82, 2.24) is 0 Å². The predicted octanol–water partition coefficient (Wildman–Crippen LogP) is 3.17. The summed E-state index contributed by atoms with van der Waals surface area (Å²) in [7, 11) is 0. The third-order valence-corrected chi connectivity index (χ3v) is 3.86. The van der Waals surface area contributed by atoms with Gasteiger partial charge in [-0.25, -0.2) is 0 Å². The molecule has 0 aliphatic heterocycles. The Hall–Kier alpha value is -0.340. The van der Waals surface area contributed by atoms with Crippen LogP contribution in [0.3, 0.4) is 0 Å². The van der Waals surface area contributed by atoms with E-state index in [4.69, 9.17) is 5.73 Å². The van der Waals surface area contributed by atoms with Gasteiger partial charge in [-0.2, -0.15) is 0 Å². The van der Waals surface area contributed by atoms with Crippen LogP contribution in [0.1, 0.15) is 37.3 Å². The third-order valence-electron chi connectivity index (χ3n) is 3.20. The average Bonchev–Trinajstić information content (AvgIpc) is 2.39. The van der Waals surface area contributed by atoms with Gasteiger partial charge in [-0.05, 0) is 41.5 Å². The summed E-state index contributed by atoms with van der Waals surface area (Å²) in [5, 5.41) is 0. The Labute approximate surface area is 93.8 Å². The van der Waals surface area contributed by atoms with Gasteiger partial charge in [-0.15, -0.1) is 0 Å². The maximum Gasteiger partial charge on any atom is 0.0215 e. The number of halogens is 1. The number of hydrogen-bond acceptors (Lipinski definition) is 1. The number of rotatable bonds is 1. The van der Waals surface area contributed by atoms with E-state index in [0.29, 0.717) is 5.92 Å². The number of hydrogen-bond donors (Lipinski definition) is 1. The van der Waals surface area contributed by atoms with Gasteiger partial charge in [0, 0.05) is 4.47 Å². The third kappa shape index (κ3) is 1.41. The maximum atomic E-state index is 5.80. The molecule has 2 N–H and O–H groups in total. The lowest BCUT2D eigenvalue weighted by atomic mass is 9.86. The second-order valence-electron chi connectivity index (χ2n) is 4.72. The number of nitrogens with two attached hydrogens (primary N) is 1. The summed E-state index contributed by atoms with van der Waals surface area (Å²) in [4.78, 5) is 0. The van der Waals surface area contributed by atoms with Crippen LogP contribution in [0.15, 0.2) is 22.7 Å². The SMILES string of the molecule is CC1(C)CC(CN)c2cccc(Br)c21. The minimum atomic E-state index is 0.263. The van der Waals surface area contributed by atoms with Crippen molar-refractivity contribution in [1.29, 1.82) is 0 Å². The van der Waals surface area contributed by atoms with Crippen molar-refractivity contribution in [3.8, 4) is 0 Å². The van der Waals surface area contributed by atoms with Crippen LogP contribution >= 0.6 is 15.9 Å². The first-order chi connectivity index (χ1) is 6.56. The molecular formula is C12H16BrN. The molecule has 0 saturated heterocycles. The Morgan fingerprint density at radius 2 is 2.21 bits per heavy atom. The van der Waals surface area contributed by atoms with E-state index in [1.807, 2.05) is 0 Å². The predicted molar refractivity (Wildman–Crippen MR) is 63.6 cm³/mol. The van der Waals surface area contributed by atoms with E-state index in [-0.39, 0.29) is 5.41 Å². The summed E-state index contributed by atoms with van der Waals surface area (Å²) in [6.07, 6.45) is 1.17. The molecular weight excluding hydrogens is 238 g/mol. The quantitative estimate of drug-likeness (QED) is 0.818. The van der Waals surface area contributed by atoms with Crippen molar-refractivity contribution in [2.75, 3.05) is 6.54 Å². The van der Waals surface area contributed by atoms with Gasteiger partial charge in [0.1, 0.15) is 0 Å². The molecule has 76 valence electrons. The van der Waals surface area contributed by atoms with Gasteiger partial charge in [0.05, 0.1) is 0 Å². The molecule has 1 unspecified atom stereocenters. The van der Waals surface area contributed by atoms with E-state index in [0.717, 1.165) is 6.54 Å². The average molecular weight is 254 g/mol. The zero-order valence-electron chi connectivity index (χ0n) is 8.68. The molecule has 0 amide bonds. The van der Waals surface area contributed by atoms with Crippen LogP contribution in [-0.4, -0.2) is 6.54 Å². The summed E-state index contributed by atoms with van der Waals surface area (Å²) in [6.45, 7) is 5.35. The highest BCUT2D eigenvalue weighted by atomic mass is 79.9. The monoisotopic (exact) mass is 253 g/mol. The molecule has 14 heavy (non-hydrogen) atoms. The molecule has 0 heterocycles. The van der Waals surface area contributed by atoms with Crippen molar-refractivity contribution >= 4 is 15.9 Å². The number of benzene rings is 1. The molecule has 2 heteroatoms. The first kappa shape index (κ1) is 10.2. The van der Waals surface area contributed by atoms with Gasteiger partial charge < -0.3 is 5.73 Å². The highest BCUT2D eigenvalue weighted by molar-refractivity contribution is 9.10. The van der Waals surface area contributed by atoms with Gasteiger partial charge in [-0.1, -0.05) is 41.9 Å². The van der Waals surface area contributed by atoms with Crippen LogP contribution < -0.4 is 5.73 Å². The second-order valence-corrected chi connectivity index (χ2v) is 5.58. The van der Waals surface area contributed by atoms with Crippen LogP contribution in [0.2, 0.25) is 0 Å². The van der Waals surface area contributed by atoms with Crippen molar-refractivity contribution in [3.63, 3.8) is 0 Å². The van der Waals surface area contributed by atoms with Crippen molar-refractivity contribution in [2.24, 2.45) is 5.73 Å². The van der Waals surface area contributed by atoms with E-state index in [1.54, 1.807) is 0 Å². The first-order valence-electron chi connectivity index (χ1n) is 5.05. The Kier molecular flexibility index (Phi) is 2.44. The Morgan fingerprint density at radius 3 is 2.86 bits per heavy atom. The fourth-order valence-electron chi connectivity index (χ4n) is 2.63. The fraction of sp³-hybridized carbons (Fsp3) is 0.500. The summed E-state index contributed by atoms with van der Waals surface area (Å²) in [5.41, 5.74) is 8.96. The van der Waals surface area contributed by atoms with Gasteiger partial charge in [0.15, 0.2) is 0 Å². The highest BCUT2D eigenvalue weighted by Crippen LogP contribution is 2.48. The standard InChI is InChI=1S/C12H16BrN/c1-12(2)6-8(7-14)9-4-3-5-10(13)11(9)12/h3-5,8H,6-7,14H2,1-2H3.